The van der Waals surface area contributed by atoms with Gasteiger partial charge in [-0.15, -0.1) is 0 Å². The van der Waals surface area contributed by atoms with E-state index in [0.29, 0.717) is 0 Å². The number of nitrogens with one attached hydrogen (secondary N) is 1. The predicted octanol–water partition coefficient (Wildman–Crippen LogP) is -0.604. The average molecular weight is 242 g/mol. The van der Waals surface area contributed by atoms with E-state index in [1.54, 1.807) is 0 Å². The van der Waals surface area contributed by atoms with Crippen LogP contribution in [0.15, 0.2) is 0 Å². The molecule has 3 heterocycles. The molecule has 3 fully saturated rings. The quantitative estimate of drug-likeness (QED) is 0.474. The van der Waals surface area contributed by atoms with E-state index < -0.39 is 0 Å². The minimum Gasteiger partial charge on any atom is -0.336 e. The molecule has 0 amide bonds. The van der Waals surface area contributed by atoms with E-state index in [-0.39, 0.29) is 0 Å². The summed E-state index contributed by atoms with van der Waals surface area (Å²) in [7, 11) is 0. The first-order valence-corrected chi connectivity index (χ1v) is 7.18. The summed E-state index contributed by atoms with van der Waals surface area (Å²) in [5, 5.41) is 3.22. The maximum atomic E-state index is 3.70. The lowest BCUT2D eigenvalue weighted by atomic mass is 10.0. The first-order valence-electron chi connectivity index (χ1n) is 7.18. The van der Waals surface area contributed by atoms with Crippen molar-refractivity contribution < 1.29 is 14.7 Å². The summed E-state index contributed by atoms with van der Waals surface area (Å²) in [6.07, 6.45) is 1.29. The van der Waals surface area contributed by atoms with Gasteiger partial charge in [-0.2, -0.15) is 0 Å². The summed E-state index contributed by atoms with van der Waals surface area (Å²) in [4.78, 5) is 0. The fraction of sp³-hybridized carbons (Fsp3) is 0.923. The summed E-state index contributed by atoms with van der Waals surface area (Å²) < 4.78 is 2.79. The van der Waals surface area contributed by atoms with Gasteiger partial charge in [0.05, 0.1) is 12.6 Å². The maximum absolute atomic E-state index is 3.70. The van der Waals surface area contributed by atoms with E-state index in [9.17, 15) is 0 Å². The van der Waals surface area contributed by atoms with Crippen LogP contribution in [0.4, 0.5) is 0 Å². The molecule has 0 aromatic heterocycles. The molecule has 3 saturated heterocycles. The Kier molecular flexibility index (Phi) is 4.08. The van der Waals surface area contributed by atoms with Gasteiger partial charge in [-0.05, 0) is 13.8 Å². The Labute approximate surface area is 106 Å². The summed E-state index contributed by atoms with van der Waals surface area (Å²) in [5.74, 6) is 0. The molecule has 3 rings (SSSR count). The smallest absolute Gasteiger partial charge is 0.206 e. The molecule has 4 heteroatoms. The number of rotatable bonds is 6. The van der Waals surface area contributed by atoms with Crippen molar-refractivity contribution in [3.05, 3.63) is 6.67 Å². The van der Waals surface area contributed by atoms with Gasteiger partial charge < -0.3 is 14.7 Å². The lowest BCUT2D eigenvalue weighted by molar-refractivity contribution is -1.09. The number of nitrogens with zero attached hydrogens (tertiary/aromatic N) is 2. The lowest BCUT2D eigenvalue weighted by Crippen LogP contribution is -2.76. The van der Waals surface area contributed by atoms with E-state index in [1.807, 2.05) is 6.67 Å². The SMILES string of the molecule is CC(C)[N+]12CC[N+](CCCN[CH][NH3+])(CC1)CC2. The molecule has 17 heavy (non-hydrogen) atoms. The highest BCUT2D eigenvalue weighted by atomic mass is 15.5. The molecule has 0 saturated carbocycles. The van der Waals surface area contributed by atoms with Gasteiger partial charge in [0.1, 0.15) is 39.3 Å². The van der Waals surface area contributed by atoms with E-state index in [0.717, 1.165) is 12.6 Å². The van der Waals surface area contributed by atoms with Crippen LogP contribution in [0.2, 0.25) is 0 Å². The first-order chi connectivity index (χ1) is 8.13. The van der Waals surface area contributed by atoms with E-state index in [1.165, 1.54) is 61.2 Å². The van der Waals surface area contributed by atoms with Crippen LogP contribution in [-0.2, 0) is 0 Å². The molecule has 0 aromatic rings. The molecule has 4 N–H and O–H groups in total. The second-order valence-corrected chi connectivity index (χ2v) is 6.23. The predicted molar refractivity (Wildman–Crippen MR) is 69.5 cm³/mol. The lowest BCUT2D eigenvalue weighted by Gasteiger charge is -2.57. The first kappa shape index (κ1) is 13.3. The van der Waals surface area contributed by atoms with Gasteiger partial charge in [0.15, 0.2) is 0 Å². The van der Waals surface area contributed by atoms with Gasteiger partial charge in [0.25, 0.3) is 0 Å². The Balaban J connectivity index is 1.82. The van der Waals surface area contributed by atoms with E-state index in [4.69, 9.17) is 0 Å². The molecule has 0 spiro atoms. The van der Waals surface area contributed by atoms with Crippen molar-refractivity contribution >= 4 is 0 Å². The highest BCUT2D eigenvalue weighted by molar-refractivity contribution is 4.64. The number of hydrogen-bond donors (Lipinski definition) is 2. The molecule has 4 nitrogen and oxygen atoms in total. The Morgan fingerprint density at radius 1 is 1.12 bits per heavy atom. The zero-order valence-corrected chi connectivity index (χ0v) is 11.6. The molecule has 3 aliphatic rings. The van der Waals surface area contributed by atoms with Crippen LogP contribution in [0.25, 0.3) is 0 Å². The highest BCUT2D eigenvalue weighted by Crippen LogP contribution is 2.29. The molecule has 0 unspecified atom stereocenters. The molecule has 0 aliphatic carbocycles. The number of hydrogen-bond acceptors (Lipinski definition) is 1. The van der Waals surface area contributed by atoms with Crippen LogP contribution in [0, 0.1) is 6.67 Å². The van der Waals surface area contributed by atoms with Crippen molar-refractivity contribution in [2.75, 3.05) is 52.4 Å². The standard InChI is InChI=1S/C13H30N4/c1-13(2)17-9-6-16(7-10-17,8-11-17)5-3-4-15-12-14/h12-13,15H,3-11H2,1-2,14H3/q+3. The molecular formula is C13H30N4+3. The third-order valence-electron chi connectivity index (χ3n) is 5.25. The number of fused-ring (bicyclic) bond motifs is 3. The topological polar surface area (TPSA) is 39.7 Å². The summed E-state index contributed by atoms with van der Waals surface area (Å²) >= 11 is 0. The van der Waals surface area contributed by atoms with Gasteiger partial charge in [-0.3, -0.25) is 5.32 Å². The Morgan fingerprint density at radius 2 is 1.71 bits per heavy atom. The maximum Gasteiger partial charge on any atom is 0.206 e. The van der Waals surface area contributed by atoms with Crippen molar-refractivity contribution in [1.29, 1.82) is 0 Å². The van der Waals surface area contributed by atoms with Crippen molar-refractivity contribution in [3.63, 3.8) is 0 Å². The zero-order valence-electron chi connectivity index (χ0n) is 11.6. The Morgan fingerprint density at radius 3 is 2.18 bits per heavy atom. The van der Waals surface area contributed by atoms with Gasteiger partial charge in [-0.1, -0.05) is 0 Å². The number of quaternary nitrogens is 3. The van der Waals surface area contributed by atoms with Gasteiger partial charge in [-0.25, -0.2) is 0 Å². The van der Waals surface area contributed by atoms with E-state index >= 15 is 0 Å². The van der Waals surface area contributed by atoms with Crippen LogP contribution >= 0.6 is 0 Å². The molecule has 1 radical (unpaired) electrons. The van der Waals surface area contributed by atoms with Crippen molar-refractivity contribution in [1.82, 2.24) is 5.32 Å². The number of piperazine rings is 3. The summed E-state index contributed by atoms with van der Waals surface area (Å²) in [6.45, 7) is 17.5. The van der Waals surface area contributed by atoms with Crippen LogP contribution in [0.5, 0.6) is 0 Å². The van der Waals surface area contributed by atoms with Crippen LogP contribution in [-0.4, -0.2) is 67.4 Å². The van der Waals surface area contributed by atoms with Crippen LogP contribution < -0.4 is 11.1 Å². The average Bonchev–Trinajstić information content (AvgIpc) is 2.37. The largest absolute Gasteiger partial charge is 0.336 e. The summed E-state index contributed by atoms with van der Waals surface area (Å²) in [6, 6.07) is 0.819. The van der Waals surface area contributed by atoms with Crippen LogP contribution in [0.3, 0.4) is 0 Å². The minimum absolute atomic E-state index is 0.819. The fourth-order valence-corrected chi connectivity index (χ4v) is 3.63. The van der Waals surface area contributed by atoms with Crippen molar-refractivity contribution in [2.24, 2.45) is 0 Å². The fourth-order valence-electron chi connectivity index (χ4n) is 3.63. The third-order valence-corrected chi connectivity index (χ3v) is 5.25. The molecule has 2 bridgehead atoms. The third kappa shape index (κ3) is 2.65. The van der Waals surface area contributed by atoms with Crippen molar-refractivity contribution in [3.8, 4) is 0 Å². The molecular weight excluding hydrogens is 212 g/mol. The van der Waals surface area contributed by atoms with Gasteiger partial charge in [0, 0.05) is 13.0 Å². The molecule has 0 aromatic carbocycles. The highest BCUT2D eigenvalue weighted by Gasteiger charge is 2.49. The molecule has 0 atom stereocenters. The Hall–Kier alpha value is -0.160. The second kappa shape index (κ2) is 5.22. The second-order valence-electron chi connectivity index (χ2n) is 6.23. The molecule has 3 aliphatic heterocycles. The van der Waals surface area contributed by atoms with Gasteiger partial charge in [0.2, 0.25) is 6.67 Å². The normalized spacial score (nSPS) is 36.7. The monoisotopic (exact) mass is 242 g/mol. The van der Waals surface area contributed by atoms with E-state index in [2.05, 4.69) is 24.9 Å². The minimum atomic E-state index is 0.819. The summed E-state index contributed by atoms with van der Waals surface area (Å²) in [5.41, 5.74) is 3.70. The van der Waals surface area contributed by atoms with Gasteiger partial charge >= 0.3 is 0 Å². The van der Waals surface area contributed by atoms with Crippen molar-refractivity contribution in [2.45, 2.75) is 26.3 Å². The van der Waals surface area contributed by atoms with Crippen LogP contribution in [0.1, 0.15) is 20.3 Å². The molecule has 99 valence electrons. The Bertz CT molecular complexity index is 227. The zero-order chi connectivity index (χ0) is 12.4.